The molecule has 0 spiro atoms. The van der Waals surface area contributed by atoms with E-state index < -0.39 is 0 Å². The Balaban J connectivity index is 1.66. The molecule has 0 unspecified atom stereocenters. The van der Waals surface area contributed by atoms with Crippen LogP contribution in [-0.2, 0) is 17.8 Å². The van der Waals surface area contributed by atoms with Crippen molar-refractivity contribution < 1.29 is 4.79 Å². The average Bonchev–Trinajstić information content (AvgIpc) is 2.98. The quantitative estimate of drug-likeness (QED) is 0.702. The van der Waals surface area contributed by atoms with Gasteiger partial charge in [0.25, 0.3) is 0 Å². The lowest BCUT2D eigenvalue weighted by atomic mass is 9.98. The Morgan fingerprint density at radius 2 is 1.69 bits per heavy atom. The Hall–Kier alpha value is -2.88. The normalized spacial score (nSPS) is 11.9. The third-order valence-corrected chi connectivity index (χ3v) is 4.47. The molecule has 134 valence electrons. The van der Waals surface area contributed by atoms with Gasteiger partial charge in [0.2, 0.25) is 5.91 Å². The summed E-state index contributed by atoms with van der Waals surface area (Å²) >= 11 is 0. The summed E-state index contributed by atoms with van der Waals surface area (Å²) < 4.78 is 1.89. The Morgan fingerprint density at radius 3 is 2.31 bits per heavy atom. The lowest BCUT2D eigenvalue weighted by molar-refractivity contribution is -0.122. The molecule has 0 saturated heterocycles. The minimum Gasteiger partial charge on any atom is -0.349 e. The van der Waals surface area contributed by atoms with Crippen LogP contribution in [0.5, 0.6) is 0 Å². The fraction of sp³-hybridized carbons (Fsp3) is 0.273. The zero-order valence-electron chi connectivity index (χ0n) is 15.4. The van der Waals surface area contributed by atoms with Crippen LogP contribution < -0.4 is 5.32 Å². The molecule has 0 aliphatic rings. The van der Waals surface area contributed by atoms with Gasteiger partial charge < -0.3 is 5.32 Å². The van der Waals surface area contributed by atoms with Gasteiger partial charge in [-0.15, -0.1) is 0 Å². The highest BCUT2D eigenvalue weighted by molar-refractivity contribution is 5.76. The third-order valence-electron chi connectivity index (χ3n) is 4.47. The van der Waals surface area contributed by atoms with Crippen molar-refractivity contribution in [3.05, 3.63) is 89.2 Å². The predicted molar refractivity (Wildman–Crippen MR) is 104 cm³/mol. The van der Waals surface area contributed by atoms with Gasteiger partial charge in [0, 0.05) is 18.7 Å². The molecular weight excluding hydrogens is 322 g/mol. The minimum atomic E-state index is -0.0356. The number of hydrogen-bond acceptors (Lipinski definition) is 2. The predicted octanol–water partition coefficient (Wildman–Crippen LogP) is 3.99. The van der Waals surface area contributed by atoms with Crippen LogP contribution in [0.4, 0.5) is 0 Å². The van der Waals surface area contributed by atoms with E-state index in [0.29, 0.717) is 13.0 Å². The number of nitrogens with zero attached hydrogens (tertiary/aromatic N) is 2. The van der Waals surface area contributed by atoms with E-state index in [1.165, 1.54) is 5.56 Å². The fourth-order valence-corrected chi connectivity index (χ4v) is 3.16. The SMILES string of the molecule is Cc1cc(C)n(CCC(=O)N[C@H](Cc2ccccc2)c2ccccc2)n1. The van der Waals surface area contributed by atoms with Crippen LogP contribution in [0.3, 0.4) is 0 Å². The zero-order valence-corrected chi connectivity index (χ0v) is 15.4. The van der Waals surface area contributed by atoms with Gasteiger partial charge in [-0.05, 0) is 37.5 Å². The maximum Gasteiger partial charge on any atom is 0.222 e. The van der Waals surface area contributed by atoms with Crippen molar-refractivity contribution in [2.45, 2.75) is 39.3 Å². The van der Waals surface area contributed by atoms with Gasteiger partial charge in [-0.1, -0.05) is 60.7 Å². The summed E-state index contributed by atoms with van der Waals surface area (Å²) in [5.74, 6) is 0.0438. The first-order chi connectivity index (χ1) is 12.6. The topological polar surface area (TPSA) is 46.9 Å². The molecule has 26 heavy (non-hydrogen) atoms. The van der Waals surface area contributed by atoms with E-state index in [1.54, 1.807) is 0 Å². The third kappa shape index (κ3) is 4.82. The van der Waals surface area contributed by atoms with Gasteiger partial charge in [0.15, 0.2) is 0 Å². The van der Waals surface area contributed by atoms with Crippen LogP contribution in [0, 0.1) is 13.8 Å². The number of benzene rings is 2. The van der Waals surface area contributed by atoms with Crippen molar-refractivity contribution in [1.82, 2.24) is 15.1 Å². The van der Waals surface area contributed by atoms with Crippen molar-refractivity contribution in [3.8, 4) is 0 Å². The van der Waals surface area contributed by atoms with E-state index in [1.807, 2.05) is 61.0 Å². The molecule has 4 nitrogen and oxygen atoms in total. The second-order valence-corrected chi connectivity index (χ2v) is 6.62. The van der Waals surface area contributed by atoms with Crippen LogP contribution >= 0.6 is 0 Å². The largest absolute Gasteiger partial charge is 0.349 e. The first kappa shape index (κ1) is 17.9. The summed E-state index contributed by atoms with van der Waals surface area (Å²) in [6, 6.07) is 22.4. The monoisotopic (exact) mass is 347 g/mol. The van der Waals surface area contributed by atoms with Crippen LogP contribution in [0.25, 0.3) is 0 Å². The first-order valence-corrected chi connectivity index (χ1v) is 9.01. The van der Waals surface area contributed by atoms with E-state index in [9.17, 15) is 4.79 Å². The molecule has 0 saturated carbocycles. The van der Waals surface area contributed by atoms with Crippen molar-refractivity contribution >= 4 is 5.91 Å². The number of aryl methyl sites for hydroxylation is 3. The Morgan fingerprint density at radius 1 is 1.04 bits per heavy atom. The standard InChI is InChI=1S/C22H25N3O/c1-17-15-18(2)25(24-17)14-13-22(26)23-21(20-11-7-4-8-12-20)16-19-9-5-3-6-10-19/h3-12,15,21H,13-14,16H2,1-2H3,(H,23,26)/t21-/m1/s1. The molecule has 3 rings (SSSR count). The fourth-order valence-electron chi connectivity index (χ4n) is 3.16. The lowest BCUT2D eigenvalue weighted by Crippen LogP contribution is -2.30. The van der Waals surface area contributed by atoms with E-state index in [0.717, 1.165) is 23.4 Å². The number of carbonyl (C=O) groups is 1. The molecule has 1 atom stereocenters. The second kappa shape index (κ2) is 8.48. The maximum absolute atomic E-state index is 12.6. The lowest BCUT2D eigenvalue weighted by Gasteiger charge is -2.20. The van der Waals surface area contributed by atoms with Crippen molar-refractivity contribution in [1.29, 1.82) is 0 Å². The van der Waals surface area contributed by atoms with Crippen LogP contribution in [0.15, 0.2) is 66.7 Å². The summed E-state index contributed by atoms with van der Waals surface area (Å²) in [5.41, 5.74) is 4.39. The van der Waals surface area contributed by atoms with Gasteiger partial charge in [0.05, 0.1) is 11.7 Å². The molecule has 0 aliphatic carbocycles. The molecular formula is C22H25N3O. The molecule has 0 fully saturated rings. The van der Waals surface area contributed by atoms with E-state index >= 15 is 0 Å². The van der Waals surface area contributed by atoms with Gasteiger partial charge in [-0.2, -0.15) is 5.10 Å². The summed E-state index contributed by atoms with van der Waals surface area (Å²) in [6.07, 6.45) is 1.19. The van der Waals surface area contributed by atoms with Gasteiger partial charge in [-0.3, -0.25) is 9.48 Å². The number of hydrogen-bond donors (Lipinski definition) is 1. The highest BCUT2D eigenvalue weighted by atomic mass is 16.1. The molecule has 4 heteroatoms. The van der Waals surface area contributed by atoms with Crippen LogP contribution in [-0.4, -0.2) is 15.7 Å². The molecule has 0 radical (unpaired) electrons. The first-order valence-electron chi connectivity index (χ1n) is 9.01. The molecule has 0 bridgehead atoms. The van der Waals surface area contributed by atoms with Crippen molar-refractivity contribution in [2.75, 3.05) is 0 Å². The Bertz CT molecular complexity index is 840. The van der Waals surface area contributed by atoms with E-state index in [-0.39, 0.29) is 11.9 Å². The highest BCUT2D eigenvalue weighted by Crippen LogP contribution is 2.18. The molecule has 3 aromatic rings. The number of aromatic nitrogens is 2. The highest BCUT2D eigenvalue weighted by Gasteiger charge is 2.15. The summed E-state index contributed by atoms with van der Waals surface area (Å²) in [6.45, 7) is 4.58. The molecule has 1 aromatic heterocycles. The van der Waals surface area contributed by atoms with E-state index in [4.69, 9.17) is 0 Å². The number of amides is 1. The Kier molecular flexibility index (Phi) is 5.84. The molecule has 1 heterocycles. The Labute approximate surface area is 154 Å². The van der Waals surface area contributed by atoms with Crippen LogP contribution in [0.1, 0.15) is 35.0 Å². The average molecular weight is 347 g/mol. The van der Waals surface area contributed by atoms with Gasteiger partial charge in [-0.25, -0.2) is 0 Å². The van der Waals surface area contributed by atoms with Gasteiger partial charge >= 0.3 is 0 Å². The van der Waals surface area contributed by atoms with Crippen LogP contribution in [0.2, 0.25) is 0 Å². The van der Waals surface area contributed by atoms with Crippen molar-refractivity contribution in [2.24, 2.45) is 0 Å². The minimum absolute atomic E-state index is 0.0356. The van der Waals surface area contributed by atoms with Gasteiger partial charge in [0.1, 0.15) is 0 Å². The second-order valence-electron chi connectivity index (χ2n) is 6.62. The molecule has 2 aromatic carbocycles. The summed E-state index contributed by atoms with van der Waals surface area (Å²) in [7, 11) is 0. The van der Waals surface area contributed by atoms with Crippen molar-refractivity contribution in [3.63, 3.8) is 0 Å². The summed E-state index contributed by atoms with van der Waals surface area (Å²) in [5, 5.41) is 7.62. The summed E-state index contributed by atoms with van der Waals surface area (Å²) in [4.78, 5) is 12.6. The number of carbonyl (C=O) groups excluding carboxylic acids is 1. The molecule has 1 N–H and O–H groups in total. The smallest absolute Gasteiger partial charge is 0.222 e. The maximum atomic E-state index is 12.6. The number of rotatable bonds is 7. The van der Waals surface area contributed by atoms with E-state index in [2.05, 4.69) is 34.7 Å². The number of nitrogens with one attached hydrogen (secondary N) is 1. The molecule has 0 aliphatic heterocycles. The molecule has 1 amide bonds. The zero-order chi connectivity index (χ0) is 18.4.